The van der Waals surface area contributed by atoms with E-state index in [9.17, 15) is 13.2 Å². The second-order valence-corrected chi connectivity index (χ2v) is 9.52. The van der Waals surface area contributed by atoms with Crippen molar-refractivity contribution in [1.82, 2.24) is 9.29 Å². The van der Waals surface area contributed by atoms with Crippen LogP contribution in [0.4, 0.5) is 5.13 Å². The lowest BCUT2D eigenvalue weighted by Gasteiger charge is -2.32. The Morgan fingerprint density at radius 3 is 2.77 bits per heavy atom. The van der Waals surface area contributed by atoms with E-state index in [0.717, 1.165) is 35.9 Å². The van der Waals surface area contributed by atoms with Crippen molar-refractivity contribution in [2.75, 3.05) is 18.1 Å². The standard InChI is InChI=1S/C18H23N3O3S2/c1-12-7-8-14(13(2)10-12)15-11-25-18(19-15)20-17(22)16-6-4-5-9-21(16)26(3,23)24/h7-8,10-11,16H,4-6,9H2,1-3H3,(H,19,20,22). The molecule has 2 heterocycles. The van der Waals surface area contributed by atoms with Crippen LogP contribution in [0.2, 0.25) is 0 Å². The second kappa shape index (κ2) is 7.46. The predicted octanol–water partition coefficient (Wildman–Crippen LogP) is 3.18. The van der Waals surface area contributed by atoms with Gasteiger partial charge in [0.05, 0.1) is 11.9 Å². The molecule has 1 amide bonds. The molecule has 3 rings (SSSR count). The van der Waals surface area contributed by atoms with Gasteiger partial charge in [0, 0.05) is 17.5 Å². The minimum absolute atomic E-state index is 0.309. The number of thiazole rings is 1. The van der Waals surface area contributed by atoms with Crippen LogP contribution in [0.5, 0.6) is 0 Å². The Hall–Kier alpha value is -1.77. The summed E-state index contributed by atoms with van der Waals surface area (Å²) in [6.45, 7) is 4.47. The first-order valence-corrected chi connectivity index (χ1v) is 11.3. The van der Waals surface area contributed by atoms with Gasteiger partial charge in [0.1, 0.15) is 6.04 Å². The normalized spacial score (nSPS) is 18.7. The highest BCUT2D eigenvalue weighted by molar-refractivity contribution is 7.88. The number of piperidine rings is 1. The molecule has 0 spiro atoms. The summed E-state index contributed by atoms with van der Waals surface area (Å²) in [5.41, 5.74) is 4.16. The summed E-state index contributed by atoms with van der Waals surface area (Å²) in [4.78, 5) is 17.1. The molecule has 1 aromatic carbocycles. The molecule has 1 unspecified atom stereocenters. The summed E-state index contributed by atoms with van der Waals surface area (Å²) in [7, 11) is -3.40. The molecule has 26 heavy (non-hydrogen) atoms. The number of hydrogen-bond acceptors (Lipinski definition) is 5. The van der Waals surface area contributed by atoms with Gasteiger partial charge in [-0.3, -0.25) is 4.79 Å². The number of hydrogen-bond donors (Lipinski definition) is 1. The van der Waals surface area contributed by atoms with Gasteiger partial charge in [0.25, 0.3) is 0 Å². The Bertz CT molecular complexity index is 922. The summed E-state index contributed by atoms with van der Waals surface area (Å²) in [5, 5.41) is 5.19. The van der Waals surface area contributed by atoms with E-state index in [0.29, 0.717) is 18.1 Å². The van der Waals surface area contributed by atoms with E-state index >= 15 is 0 Å². The van der Waals surface area contributed by atoms with Crippen LogP contribution in [0.25, 0.3) is 11.3 Å². The quantitative estimate of drug-likeness (QED) is 0.865. The van der Waals surface area contributed by atoms with Crippen LogP contribution >= 0.6 is 11.3 Å². The smallest absolute Gasteiger partial charge is 0.244 e. The lowest BCUT2D eigenvalue weighted by molar-refractivity contribution is -0.120. The summed E-state index contributed by atoms with van der Waals surface area (Å²) in [5.74, 6) is -0.309. The lowest BCUT2D eigenvalue weighted by Crippen LogP contribution is -2.49. The fourth-order valence-electron chi connectivity index (χ4n) is 3.31. The highest BCUT2D eigenvalue weighted by Crippen LogP contribution is 2.29. The maximum absolute atomic E-state index is 12.6. The van der Waals surface area contributed by atoms with E-state index in [1.165, 1.54) is 21.2 Å². The van der Waals surface area contributed by atoms with Gasteiger partial charge in [-0.2, -0.15) is 4.31 Å². The molecule has 140 valence electrons. The molecule has 1 aliphatic rings. The molecule has 0 saturated carbocycles. The third kappa shape index (κ3) is 4.13. The van der Waals surface area contributed by atoms with Crippen molar-refractivity contribution in [3.63, 3.8) is 0 Å². The number of nitrogens with zero attached hydrogens (tertiary/aromatic N) is 2. The van der Waals surface area contributed by atoms with Gasteiger partial charge < -0.3 is 5.32 Å². The largest absolute Gasteiger partial charge is 0.301 e. The van der Waals surface area contributed by atoms with Crippen LogP contribution in [0.3, 0.4) is 0 Å². The number of anilines is 1. The van der Waals surface area contributed by atoms with Crippen LogP contribution in [0.15, 0.2) is 23.6 Å². The molecule has 1 atom stereocenters. The molecule has 1 saturated heterocycles. The summed E-state index contributed by atoms with van der Waals surface area (Å²) in [6, 6.07) is 5.50. The predicted molar refractivity (Wildman–Crippen MR) is 105 cm³/mol. The van der Waals surface area contributed by atoms with Crippen LogP contribution in [-0.2, 0) is 14.8 Å². The molecule has 0 radical (unpaired) electrons. The molecule has 1 fully saturated rings. The average molecular weight is 394 g/mol. The minimum Gasteiger partial charge on any atom is -0.301 e. The highest BCUT2D eigenvalue weighted by Gasteiger charge is 2.34. The van der Waals surface area contributed by atoms with Gasteiger partial charge in [0.2, 0.25) is 15.9 Å². The zero-order chi connectivity index (χ0) is 18.9. The van der Waals surface area contributed by atoms with Crippen molar-refractivity contribution in [1.29, 1.82) is 0 Å². The van der Waals surface area contributed by atoms with Gasteiger partial charge in [-0.1, -0.05) is 30.2 Å². The van der Waals surface area contributed by atoms with Gasteiger partial charge in [-0.15, -0.1) is 11.3 Å². The molecule has 0 aliphatic carbocycles. The SMILES string of the molecule is Cc1ccc(-c2csc(NC(=O)C3CCCCN3S(C)(=O)=O)n2)c(C)c1. The van der Waals surface area contributed by atoms with E-state index in [1.807, 2.05) is 31.4 Å². The van der Waals surface area contributed by atoms with E-state index in [4.69, 9.17) is 0 Å². The van der Waals surface area contributed by atoms with Crippen molar-refractivity contribution in [3.05, 3.63) is 34.7 Å². The summed E-state index contributed by atoms with van der Waals surface area (Å²) < 4.78 is 25.2. The Kier molecular flexibility index (Phi) is 5.45. The van der Waals surface area contributed by atoms with E-state index in [-0.39, 0.29) is 5.91 Å². The molecular weight excluding hydrogens is 370 g/mol. The van der Waals surface area contributed by atoms with Crippen molar-refractivity contribution in [3.8, 4) is 11.3 Å². The first-order valence-electron chi connectivity index (χ1n) is 8.56. The minimum atomic E-state index is -3.40. The van der Waals surface area contributed by atoms with E-state index in [1.54, 1.807) is 0 Å². The van der Waals surface area contributed by atoms with E-state index < -0.39 is 16.1 Å². The Morgan fingerprint density at radius 2 is 2.08 bits per heavy atom. The first kappa shape index (κ1) is 19.0. The number of aromatic nitrogens is 1. The Labute approximate surface area is 158 Å². The Morgan fingerprint density at radius 1 is 1.31 bits per heavy atom. The average Bonchev–Trinajstić information content (AvgIpc) is 3.02. The number of amides is 1. The molecule has 1 aromatic heterocycles. The number of rotatable bonds is 4. The number of nitrogens with one attached hydrogen (secondary N) is 1. The number of aryl methyl sites for hydroxylation is 2. The molecule has 6 nitrogen and oxygen atoms in total. The highest BCUT2D eigenvalue weighted by atomic mass is 32.2. The van der Waals surface area contributed by atoms with Crippen LogP contribution in [0.1, 0.15) is 30.4 Å². The molecule has 0 bridgehead atoms. The molecule has 1 aliphatic heterocycles. The van der Waals surface area contributed by atoms with Gasteiger partial charge in [-0.25, -0.2) is 13.4 Å². The van der Waals surface area contributed by atoms with E-state index in [2.05, 4.69) is 16.4 Å². The fraction of sp³-hybridized carbons (Fsp3) is 0.444. The number of carbonyl (C=O) groups is 1. The third-order valence-corrected chi connectivity index (χ3v) is 6.62. The van der Waals surface area contributed by atoms with Crippen LogP contribution < -0.4 is 5.32 Å². The third-order valence-electron chi connectivity index (χ3n) is 4.57. The molecule has 1 N–H and O–H groups in total. The number of benzene rings is 1. The number of sulfonamides is 1. The fourth-order valence-corrected chi connectivity index (χ4v) is 5.15. The Balaban J connectivity index is 1.77. The molecular formula is C18H23N3O3S2. The van der Waals surface area contributed by atoms with Gasteiger partial charge in [0.15, 0.2) is 5.13 Å². The maximum atomic E-state index is 12.6. The summed E-state index contributed by atoms with van der Waals surface area (Å²) in [6.07, 6.45) is 3.31. The maximum Gasteiger partial charge on any atom is 0.244 e. The van der Waals surface area contributed by atoms with Gasteiger partial charge >= 0.3 is 0 Å². The molecule has 8 heteroatoms. The number of carbonyl (C=O) groups excluding carboxylic acids is 1. The van der Waals surface area contributed by atoms with Crippen molar-refractivity contribution in [2.24, 2.45) is 0 Å². The lowest BCUT2D eigenvalue weighted by atomic mass is 10.0. The molecule has 2 aromatic rings. The van der Waals surface area contributed by atoms with Crippen LogP contribution in [0, 0.1) is 13.8 Å². The van der Waals surface area contributed by atoms with Gasteiger partial charge in [-0.05, 0) is 32.3 Å². The zero-order valence-electron chi connectivity index (χ0n) is 15.2. The van der Waals surface area contributed by atoms with Crippen molar-refractivity contribution in [2.45, 2.75) is 39.2 Å². The second-order valence-electron chi connectivity index (χ2n) is 6.73. The van der Waals surface area contributed by atoms with Crippen LogP contribution in [-0.4, -0.2) is 42.5 Å². The monoisotopic (exact) mass is 393 g/mol. The van der Waals surface area contributed by atoms with Crippen molar-refractivity contribution < 1.29 is 13.2 Å². The summed E-state index contributed by atoms with van der Waals surface area (Å²) >= 11 is 1.35. The zero-order valence-corrected chi connectivity index (χ0v) is 16.8. The van der Waals surface area contributed by atoms with Crippen molar-refractivity contribution >= 4 is 32.4 Å². The first-order chi connectivity index (χ1) is 12.3. The topological polar surface area (TPSA) is 79.4 Å².